The molecule has 4 aromatic rings. The number of methoxy groups -OCH3 is 1. The summed E-state index contributed by atoms with van der Waals surface area (Å²) in [5, 5.41) is 1.04. The Morgan fingerprint density at radius 2 is 1.63 bits per heavy atom. The molecule has 0 atom stereocenters. The van der Waals surface area contributed by atoms with Crippen LogP contribution in [0.1, 0.15) is 20.7 Å². The molecule has 7 nitrogen and oxygen atoms in total. The van der Waals surface area contributed by atoms with Gasteiger partial charge in [0.05, 0.1) is 18.2 Å². The Balaban J connectivity index is 1.86. The molecular weight excluding hydrogens is 389 g/mol. The third-order valence-corrected chi connectivity index (χ3v) is 4.73. The summed E-state index contributed by atoms with van der Waals surface area (Å²) in [6, 6.07) is 12.2. The molecule has 0 saturated carbocycles. The molecule has 1 aromatic heterocycles. The Morgan fingerprint density at radius 1 is 0.867 bits per heavy atom. The molecule has 0 saturated heterocycles. The molecule has 0 aliphatic carbocycles. The molecule has 150 valence electrons. The highest BCUT2D eigenvalue weighted by Crippen LogP contribution is 2.36. The third kappa shape index (κ3) is 3.14. The molecule has 1 heterocycles. The molecule has 4 rings (SSSR count). The van der Waals surface area contributed by atoms with Crippen LogP contribution in [0.4, 0.5) is 4.39 Å². The molecule has 3 aromatic carbocycles. The number of carbonyl (C=O) groups is 2. The van der Waals surface area contributed by atoms with Crippen LogP contribution < -0.4 is 20.9 Å². The van der Waals surface area contributed by atoms with Gasteiger partial charge in [-0.05, 0) is 35.7 Å². The zero-order valence-corrected chi connectivity index (χ0v) is 15.8. The number of carbonyl (C=O) groups excluding carboxylic acids is 2. The largest absolute Gasteiger partial charge is 0.496 e. The molecule has 0 aliphatic rings. The molecule has 0 unspecified atom stereocenters. The molecule has 30 heavy (non-hydrogen) atoms. The molecule has 0 bridgehead atoms. The minimum absolute atomic E-state index is 0.0620. The lowest BCUT2D eigenvalue weighted by Gasteiger charge is -2.13. The molecule has 0 spiro atoms. The first-order chi connectivity index (χ1) is 14.4. The van der Waals surface area contributed by atoms with Gasteiger partial charge in [-0.15, -0.1) is 0 Å². The normalized spacial score (nSPS) is 10.9. The maximum atomic E-state index is 15.1. The molecule has 8 heteroatoms. The van der Waals surface area contributed by atoms with E-state index in [1.54, 1.807) is 24.3 Å². The fourth-order valence-corrected chi connectivity index (χ4v) is 3.31. The Hall–Kier alpha value is -4.20. The number of amides is 2. The van der Waals surface area contributed by atoms with Crippen LogP contribution in [0.5, 0.6) is 17.2 Å². The number of primary amides is 2. The highest BCUT2D eigenvalue weighted by molar-refractivity contribution is 6.07. The minimum Gasteiger partial charge on any atom is -0.496 e. The second kappa shape index (κ2) is 7.32. The monoisotopic (exact) mass is 405 g/mol. The van der Waals surface area contributed by atoms with Gasteiger partial charge >= 0.3 is 0 Å². The van der Waals surface area contributed by atoms with E-state index in [0.29, 0.717) is 16.3 Å². The van der Waals surface area contributed by atoms with E-state index >= 15 is 4.39 Å². The molecule has 0 aliphatic heterocycles. The van der Waals surface area contributed by atoms with Crippen molar-refractivity contribution >= 4 is 33.5 Å². The number of aromatic nitrogens is 1. The van der Waals surface area contributed by atoms with Gasteiger partial charge in [0.2, 0.25) is 5.91 Å². The Kier molecular flexibility index (Phi) is 4.67. The lowest BCUT2D eigenvalue weighted by molar-refractivity contribution is 0.0991. The molecule has 2 amide bonds. The smallest absolute Gasteiger partial charge is 0.252 e. The predicted octanol–water partition coefficient (Wildman–Crippen LogP) is 3.53. The summed E-state index contributed by atoms with van der Waals surface area (Å²) in [5.41, 5.74) is 11.6. The van der Waals surface area contributed by atoms with Gasteiger partial charge < -0.3 is 20.9 Å². The van der Waals surface area contributed by atoms with Gasteiger partial charge in [0, 0.05) is 28.6 Å². The number of rotatable bonds is 5. The summed E-state index contributed by atoms with van der Waals surface area (Å²) < 4.78 is 26.1. The molecule has 4 N–H and O–H groups in total. The van der Waals surface area contributed by atoms with E-state index in [1.807, 2.05) is 0 Å². The van der Waals surface area contributed by atoms with Crippen LogP contribution >= 0.6 is 0 Å². The zero-order chi connectivity index (χ0) is 21.4. The number of pyridine rings is 1. The van der Waals surface area contributed by atoms with Gasteiger partial charge in [0.1, 0.15) is 11.5 Å². The topological polar surface area (TPSA) is 118 Å². The number of hydrogen-bond donors (Lipinski definition) is 2. The summed E-state index contributed by atoms with van der Waals surface area (Å²) in [6.45, 7) is 0. The van der Waals surface area contributed by atoms with Crippen molar-refractivity contribution in [3.8, 4) is 17.2 Å². The first-order valence-corrected chi connectivity index (χ1v) is 8.86. The number of halogens is 1. The quantitative estimate of drug-likeness (QED) is 0.527. The van der Waals surface area contributed by atoms with Crippen molar-refractivity contribution in [2.24, 2.45) is 11.5 Å². The van der Waals surface area contributed by atoms with E-state index in [0.717, 1.165) is 0 Å². The molecular formula is C22H16FN3O4. The number of fused-ring (bicyclic) bond motifs is 2. The van der Waals surface area contributed by atoms with Crippen LogP contribution in [0.2, 0.25) is 0 Å². The Labute approximate surface area is 170 Å². The highest BCUT2D eigenvalue weighted by atomic mass is 19.1. The first-order valence-electron chi connectivity index (χ1n) is 8.86. The lowest BCUT2D eigenvalue weighted by atomic mass is 10.0. The van der Waals surface area contributed by atoms with Crippen molar-refractivity contribution in [3.63, 3.8) is 0 Å². The highest BCUT2D eigenvalue weighted by Gasteiger charge is 2.17. The standard InChI is InChI=1S/C22H16FN3O4/c1-29-19-10-16-14(9-15(19)22(25)28)17(7-8-26-16)30-18-6-5-11-12(20(18)23)3-2-4-13(11)21(24)27/h2-10H,1H3,(H2,24,27)(H2,25,28). The summed E-state index contributed by atoms with van der Waals surface area (Å²) in [5.74, 6) is -1.50. The minimum atomic E-state index is -0.681. The van der Waals surface area contributed by atoms with Gasteiger partial charge in [-0.3, -0.25) is 14.6 Å². The van der Waals surface area contributed by atoms with Crippen LogP contribution in [0.3, 0.4) is 0 Å². The van der Waals surface area contributed by atoms with Crippen molar-refractivity contribution in [2.45, 2.75) is 0 Å². The van der Waals surface area contributed by atoms with Crippen LogP contribution in [0.25, 0.3) is 21.7 Å². The van der Waals surface area contributed by atoms with Gasteiger partial charge in [-0.1, -0.05) is 12.1 Å². The molecule has 0 fully saturated rings. The number of nitrogens with zero attached hydrogens (tertiary/aromatic N) is 1. The van der Waals surface area contributed by atoms with E-state index in [9.17, 15) is 9.59 Å². The van der Waals surface area contributed by atoms with E-state index in [-0.39, 0.29) is 33.8 Å². The maximum absolute atomic E-state index is 15.1. The fraction of sp³-hybridized carbons (Fsp3) is 0.0455. The van der Waals surface area contributed by atoms with E-state index in [2.05, 4.69) is 4.98 Å². The van der Waals surface area contributed by atoms with Crippen molar-refractivity contribution < 1.29 is 23.5 Å². The van der Waals surface area contributed by atoms with E-state index < -0.39 is 17.6 Å². The maximum Gasteiger partial charge on any atom is 0.252 e. The summed E-state index contributed by atoms with van der Waals surface area (Å²) >= 11 is 0. The summed E-state index contributed by atoms with van der Waals surface area (Å²) in [4.78, 5) is 27.6. The van der Waals surface area contributed by atoms with Crippen molar-refractivity contribution in [3.05, 3.63) is 71.7 Å². The predicted molar refractivity (Wildman–Crippen MR) is 109 cm³/mol. The van der Waals surface area contributed by atoms with Crippen LogP contribution in [-0.4, -0.2) is 23.9 Å². The van der Waals surface area contributed by atoms with Crippen molar-refractivity contribution in [1.29, 1.82) is 0 Å². The average molecular weight is 405 g/mol. The number of hydrogen-bond acceptors (Lipinski definition) is 5. The third-order valence-electron chi connectivity index (χ3n) is 4.73. The first kappa shape index (κ1) is 19.1. The van der Waals surface area contributed by atoms with Crippen LogP contribution in [0, 0.1) is 5.82 Å². The fourth-order valence-electron chi connectivity index (χ4n) is 3.31. The van der Waals surface area contributed by atoms with Crippen molar-refractivity contribution in [2.75, 3.05) is 7.11 Å². The average Bonchev–Trinajstić information content (AvgIpc) is 2.74. The second-order valence-corrected chi connectivity index (χ2v) is 6.49. The van der Waals surface area contributed by atoms with E-state index in [1.165, 1.54) is 37.6 Å². The number of nitrogens with two attached hydrogens (primary N) is 2. The second-order valence-electron chi connectivity index (χ2n) is 6.49. The van der Waals surface area contributed by atoms with Crippen LogP contribution in [-0.2, 0) is 0 Å². The lowest BCUT2D eigenvalue weighted by Crippen LogP contribution is -2.12. The zero-order valence-electron chi connectivity index (χ0n) is 15.8. The van der Waals surface area contributed by atoms with Crippen LogP contribution in [0.15, 0.2) is 54.7 Å². The number of benzene rings is 3. The Morgan fingerprint density at radius 3 is 2.33 bits per heavy atom. The summed E-state index contributed by atoms with van der Waals surface area (Å²) in [6.07, 6.45) is 1.49. The summed E-state index contributed by atoms with van der Waals surface area (Å²) in [7, 11) is 1.42. The van der Waals surface area contributed by atoms with Gasteiger partial charge in [0.25, 0.3) is 5.91 Å². The van der Waals surface area contributed by atoms with Gasteiger partial charge in [-0.2, -0.15) is 0 Å². The van der Waals surface area contributed by atoms with Gasteiger partial charge in [0.15, 0.2) is 11.6 Å². The SMILES string of the molecule is COc1cc2nccc(Oc3ccc4c(C(N)=O)cccc4c3F)c2cc1C(N)=O. The molecule has 0 radical (unpaired) electrons. The van der Waals surface area contributed by atoms with E-state index in [4.69, 9.17) is 20.9 Å². The van der Waals surface area contributed by atoms with Gasteiger partial charge in [-0.25, -0.2) is 4.39 Å². The number of ether oxygens (including phenoxy) is 2. The Bertz CT molecular complexity index is 1340. The van der Waals surface area contributed by atoms with Crippen molar-refractivity contribution in [1.82, 2.24) is 4.98 Å².